The molecular weight excluding hydrogens is 237 g/mol. The number of nitrogens with zero attached hydrogens (tertiary/aromatic N) is 3. The van der Waals surface area contributed by atoms with Gasteiger partial charge in [-0.25, -0.2) is 4.98 Å². The molecule has 2 heterocycles. The second kappa shape index (κ2) is 4.16. The van der Waals surface area contributed by atoms with Gasteiger partial charge in [0.2, 0.25) is 0 Å². The van der Waals surface area contributed by atoms with Crippen molar-refractivity contribution in [3.63, 3.8) is 0 Å². The number of aromatic nitrogens is 3. The van der Waals surface area contributed by atoms with Gasteiger partial charge in [-0.05, 0) is 19.1 Å². The molecule has 0 spiro atoms. The van der Waals surface area contributed by atoms with E-state index in [0.717, 1.165) is 0 Å². The molecule has 0 bridgehead atoms. The van der Waals surface area contributed by atoms with Crippen LogP contribution in [0, 0.1) is 0 Å². The number of rotatable bonds is 2. The second-order valence-corrected chi connectivity index (χ2v) is 4.03. The fourth-order valence-corrected chi connectivity index (χ4v) is 1.20. The quantitative estimate of drug-likeness (QED) is 0.761. The monoisotopic (exact) mass is 243 g/mol. The van der Waals surface area contributed by atoms with E-state index in [1.54, 1.807) is 19.1 Å². The van der Waals surface area contributed by atoms with E-state index < -0.39 is 0 Å². The molecule has 0 aliphatic heterocycles. The Morgan fingerprint density at radius 2 is 2.20 bits per heavy atom. The third kappa shape index (κ3) is 2.27. The van der Waals surface area contributed by atoms with Gasteiger partial charge < -0.3 is 4.52 Å². The lowest BCUT2D eigenvalue weighted by Crippen LogP contribution is -1.87. The highest BCUT2D eigenvalue weighted by Crippen LogP contribution is 2.21. The van der Waals surface area contributed by atoms with E-state index in [1.807, 2.05) is 0 Å². The van der Waals surface area contributed by atoms with Crippen molar-refractivity contribution in [3.8, 4) is 11.6 Å². The summed E-state index contributed by atoms with van der Waals surface area (Å²) in [6, 6.07) is 3.41. The SMILES string of the molecule is CC(Cl)c1noc(-c2ccc(Cl)cn2)n1. The predicted octanol–water partition coefficient (Wildman–Crippen LogP) is 3.08. The molecular formula is C9H7Cl2N3O. The molecule has 4 nitrogen and oxygen atoms in total. The Morgan fingerprint density at radius 1 is 1.40 bits per heavy atom. The standard InChI is InChI=1S/C9H7Cl2N3O/c1-5(10)8-13-9(15-14-8)7-3-2-6(11)4-12-7/h2-5H,1H3. The molecule has 0 amide bonds. The molecule has 2 aromatic rings. The summed E-state index contributed by atoms with van der Waals surface area (Å²) in [5, 5.41) is 4.00. The van der Waals surface area contributed by atoms with Crippen molar-refractivity contribution in [2.45, 2.75) is 12.3 Å². The highest BCUT2D eigenvalue weighted by molar-refractivity contribution is 6.30. The van der Waals surface area contributed by atoms with Gasteiger partial charge in [0.25, 0.3) is 5.89 Å². The lowest BCUT2D eigenvalue weighted by atomic mass is 10.3. The van der Waals surface area contributed by atoms with E-state index in [4.69, 9.17) is 27.7 Å². The Balaban J connectivity index is 2.33. The van der Waals surface area contributed by atoms with Crippen LogP contribution in [0.5, 0.6) is 0 Å². The minimum atomic E-state index is -0.283. The molecule has 0 N–H and O–H groups in total. The zero-order valence-corrected chi connectivity index (χ0v) is 9.33. The van der Waals surface area contributed by atoms with Gasteiger partial charge in [-0.15, -0.1) is 11.6 Å². The molecule has 0 aromatic carbocycles. The smallest absolute Gasteiger partial charge is 0.276 e. The largest absolute Gasteiger partial charge is 0.332 e. The highest BCUT2D eigenvalue weighted by atomic mass is 35.5. The summed E-state index contributed by atoms with van der Waals surface area (Å²) in [5.41, 5.74) is 0.579. The summed E-state index contributed by atoms with van der Waals surface area (Å²) in [7, 11) is 0. The van der Waals surface area contributed by atoms with Gasteiger partial charge in [0.1, 0.15) is 5.69 Å². The second-order valence-electron chi connectivity index (χ2n) is 2.94. The minimum Gasteiger partial charge on any atom is -0.332 e. The third-order valence-corrected chi connectivity index (χ3v) is 2.16. The van der Waals surface area contributed by atoms with Crippen LogP contribution in [0.1, 0.15) is 18.1 Å². The van der Waals surface area contributed by atoms with Gasteiger partial charge in [0, 0.05) is 6.20 Å². The summed E-state index contributed by atoms with van der Waals surface area (Å²) in [4.78, 5) is 8.14. The van der Waals surface area contributed by atoms with Gasteiger partial charge in [-0.2, -0.15) is 4.98 Å². The number of hydrogen-bond donors (Lipinski definition) is 0. The molecule has 0 saturated carbocycles. The molecule has 0 aliphatic carbocycles. The van der Waals surface area contributed by atoms with Crippen LogP contribution in [0.2, 0.25) is 5.02 Å². The summed E-state index contributed by atoms with van der Waals surface area (Å²) < 4.78 is 5.00. The van der Waals surface area contributed by atoms with Crippen molar-refractivity contribution >= 4 is 23.2 Å². The average molecular weight is 244 g/mol. The van der Waals surface area contributed by atoms with Crippen molar-refractivity contribution in [1.82, 2.24) is 15.1 Å². The van der Waals surface area contributed by atoms with Gasteiger partial charge in [-0.3, -0.25) is 0 Å². The van der Waals surface area contributed by atoms with Crippen molar-refractivity contribution in [1.29, 1.82) is 0 Å². The maximum absolute atomic E-state index is 5.80. The van der Waals surface area contributed by atoms with Crippen LogP contribution in [-0.4, -0.2) is 15.1 Å². The Hall–Kier alpha value is -1.13. The van der Waals surface area contributed by atoms with Crippen LogP contribution in [-0.2, 0) is 0 Å². The van der Waals surface area contributed by atoms with E-state index in [9.17, 15) is 0 Å². The van der Waals surface area contributed by atoms with Gasteiger partial charge >= 0.3 is 0 Å². The summed E-state index contributed by atoms with van der Waals surface area (Å²) in [5.74, 6) is 0.789. The first-order chi connectivity index (χ1) is 7.16. The summed E-state index contributed by atoms with van der Waals surface area (Å²) in [6.07, 6.45) is 1.52. The molecule has 0 radical (unpaired) electrons. The lowest BCUT2D eigenvalue weighted by molar-refractivity contribution is 0.421. The van der Waals surface area contributed by atoms with E-state index >= 15 is 0 Å². The third-order valence-electron chi connectivity index (χ3n) is 1.74. The maximum Gasteiger partial charge on any atom is 0.276 e. The first-order valence-electron chi connectivity index (χ1n) is 4.26. The van der Waals surface area contributed by atoms with Crippen LogP contribution in [0.15, 0.2) is 22.9 Å². The first kappa shape index (κ1) is 10.4. The normalized spacial score (nSPS) is 12.7. The molecule has 0 saturated heterocycles. The highest BCUT2D eigenvalue weighted by Gasteiger charge is 2.13. The molecule has 0 aliphatic rings. The zero-order valence-electron chi connectivity index (χ0n) is 7.82. The molecule has 1 atom stereocenters. The molecule has 15 heavy (non-hydrogen) atoms. The van der Waals surface area contributed by atoms with E-state index in [2.05, 4.69) is 15.1 Å². The average Bonchev–Trinajstić information content (AvgIpc) is 2.68. The number of alkyl halides is 1. The summed E-state index contributed by atoms with van der Waals surface area (Å²) >= 11 is 11.5. The van der Waals surface area contributed by atoms with Gasteiger partial charge in [0.15, 0.2) is 5.82 Å². The topological polar surface area (TPSA) is 51.8 Å². The van der Waals surface area contributed by atoms with Crippen LogP contribution < -0.4 is 0 Å². The lowest BCUT2D eigenvalue weighted by Gasteiger charge is -1.92. The molecule has 1 unspecified atom stereocenters. The Bertz CT molecular complexity index is 453. The maximum atomic E-state index is 5.80. The molecule has 78 valence electrons. The van der Waals surface area contributed by atoms with E-state index in [1.165, 1.54) is 6.20 Å². The number of pyridine rings is 1. The van der Waals surface area contributed by atoms with Crippen molar-refractivity contribution in [2.24, 2.45) is 0 Å². The number of halogens is 2. The Morgan fingerprint density at radius 3 is 2.73 bits per heavy atom. The molecule has 2 aromatic heterocycles. The molecule has 2 rings (SSSR count). The van der Waals surface area contributed by atoms with Crippen LogP contribution in [0.25, 0.3) is 11.6 Å². The minimum absolute atomic E-state index is 0.283. The van der Waals surface area contributed by atoms with Crippen molar-refractivity contribution in [2.75, 3.05) is 0 Å². The van der Waals surface area contributed by atoms with Gasteiger partial charge in [0.05, 0.1) is 10.4 Å². The predicted molar refractivity (Wildman–Crippen MR) is 56.8 cm³/mol. The Kier molecular flexibility index (Phi) is 2.88. The Labute approximate surface area is 96.2 Å². The van der Waals surface area contributed by atoms with Gasteiger partial charge in [-0.1, -0.05) is 16.8 Å². The van der Waals surface area contributed by atoms with E-state index in [0.29, 0.717) is 22.4 Å². The molecule has 0 fully saturated rings. The van der Waals surface area contributed by atoms with E-state index in [-0.39, 0.29) is 5.38 Å². The van der Waals surface area contributed by atoms with Crippen molar-refractivity contribution in [3.05, 3.63) is 29.2 Å². The number of hydrogen-bond acceptors (Lipinski definition) is 4. The fourth-order valence-electron chi connectivity index (χ4n) is 1.00. The molecule has 6 heteroatoms. The van der Waals surface area contributed by atoms with Crippen LogP contribution >= 0.6 is 23.2 Å². The first-order valence-corrected chi connectivity index (χ1v) is 5.08. The van der Waals surface area contributed by atoms with Crippen LogP contribution in [0.4, 0.5) is 0 Å². The summed E-state index contributed by atoms with van der Waals surface area (Å²) in [6.45, 7) is 1.77. The zero-order chi connectivity index (χ0) is 10.8. The van der Waals surface area contributed by atoms with Crippen molar-refractivity contribution < 1.29 is 4.52 Å². The van der Waals surface area contributed by atoms with Crippen LogP contribution in [0.3, 0.4) is 0 Å². The fraction of sp³-hybridized carbons (Fsp3) is 0.222.